The fraction of sp³-hybridized carbons (Fsp3) is 0.455. The van der Waals surface area contributed by atoms with Crippen molar-refractivity contribution in [2.45, 2.75) is 31.7 Å². The number of rotatable bonds is 4. The molecule has 142 valence electrons. The second kappa shape index (κ2) is 8.09. The Morgan fingerprint density at radius 2 is 2.04 bits per heavy atom. The third-order valence-corrected chi connectivity index (χ3v) is 5.85. The molecule has 0 aliphatic carbocycles. The van der Waals surface area contributed by atoms with Crippen LogP contribution in [0.25, 0.3) is 0 Å². The van der Waals surface area contributed by atoms with Gasteiger partial charge in [-0.2, -0.15) is 0 Å². The fourth-order valence-electron chi connectivity index (χ4n) is 4.20. The highest BCUT2D eigenvalue weighted by atomic mass is 16.2. The lowest BCUT2D eigenvalue weighted by atomic mass is 10.0. The van der Waals surface area contributed by atoms with E-state index in [-0.39, 0.29) is 6.03 Å². The number of nitrogens with zero attached hydrogens (tertiary/aromatic N) is 4. The molecule has 2 aliphatic rings. The van der Waals surface area contributed by atoms with Gasteiger partial charge in [0.15, 0.2) is 0 Å². The van der Waals surface area contributed by atoms with Crippen LogP contribution >= 0.6 is 0 Å². The number of hydrogen-bond acceptors (Lipinski definition) is 3. The molecule has 1 aromatic carbocycles. The number of likely N-dealkylation sites (N-methyl/N-ethyl adjacent to an activating group) is 1. The molecule has 2 aromatic rings. The Labute approximate surface area is 161 Å². The summed E-state index contributed by atoms with van der Waals surface area (Å²) < 4.78 is 0. The zero-order valence-corrected chi connectivity index (χ0v) is 16.1. The van der Waals surface area contributed by atoms with Gasteiger partial charge in [-0.05, 0) is 44.0 Å². The minimum atomic E-state index is 0.142. The number of aromatic nitrogens is 1. The van der Waals surface area contributed by atoms with E-state index in [1.165, 1.54) is 5.56 Å². The van der Waals surface area contributed by atoms with Crippen molar-refractivity contribution in [1.82, 2.24) is 14.8 Å². The summed E-state index contributed by atoms with van der Waals surface area (Å²) in [7, 11) is 2.19. The number of fused-ring (bicyclic) bond motifs is 1. The van der Waals surface area contributed by atoms with Crippen LogP contribution in [-0.2, 0) is 12.8 Å². The van der Waals surface area contributed by atoms with Crippen molar-refractivity contribution in [3.8, 4) is 0 Å². The summed E-state index contributed by atoms with van der Waals surface area (Å²) in [5.74, 6) is 0. The lowest BCUT2D eigenvalue weighted by Gasteiger charge is -2.39. The lowest BCUT2D eigenvalue weighted by Crippen LogP contribution is -2.52. The van der Waals surface area contributed by atoms with E-state index >= 15 is 0 Å². The van der Waals surface area contributed by atoms with Gasteiger partial charge in [0.1, 0.15) is 0 Å². The highest BCUT2D eigenvalue weighted by molar-refractivity contribution is 5.93. The smallest absolute Gasteiger partial charge is 0.323 e. The van der Waals surface area contributed by atoms with Gasteiger partial charge >= 0.3 is 6.03 Å². The van der Waals surface area contributed by atoms with E-state index in [4.69, 9.17) is 0 Å². The molecule has 2 aliphatic heterocycles. The van der Waals surface area contributed by atoms with E-state index in [1.807, 2.05) is 28.1 Å². The van der Waals surface area contributed by atoms with Gasteiger partial charge in [-0.15, -0.1) is 0 Å². The molecule has 0 spiro atoms. The van der Waals surface area contributed by atoms with Crippen LogP contribution in [-0.4, -0.2) is 60.1 Å². The molecule has 0 N–H and O–H groups in total. The first-order chi connectivity index (χ1) is 13.2. The molecule has 0 saturated carbocycles. The van der Waals surface area contributed by atoms with Crippen LogP contribution in [0, 0.1) is 0 Å². The molecule has 27 heavy (non-hydrogen) atoms. The average Bonchev–Trinajstić information content (AvgIpc) is 3.16. The Morgan fingerprint density at radius 3 is 2.89 bits per heavy atom. The molecule has 5 heteroatoms. The number of likely N-dealkylation sites (tertiary alicyclic amines) is 1. The van der Waals surface area contributed by atoms with Crippen molar-refractivity contribution in [2.75, 3.05) is 38.1 Å². The van der Waals surface area contributed by atoms with Crippen molar-refractivity contribution >= 4 is 11.7 Å². The van der Waals surface area contributed by atoms with Crippen LogP contribution in [0.2, 0.25) is 0 Å². The molecular weight excluding hydrogens is 336 g/mol. The van der Waals surface area contributed by atoms with E-state index in [0.717, 1.165) is 63.2 Å². The Morgan fingerprint density at radius 1 is 1.19 bits per heavy atom. The highest BCUT2D eigenvalue weighted by Crippen LogP contribution is 2.27. The molecule has 1 atom stereocenters. The van der Waals surface area contributed by atoms with Crippen LogP contribution in [0.1, 0.15) is 24.1 Å². The Balaban J connectivity index is 1.36. The van der Waals surface area contributed by atoms with Gasteiger partial charge < -0.3 is 9.80 Å². The highest BCUT2D eigenvalue weighted by Gasteiger charge is 2.32. The number of carbonyl (C=O) groups is 1. The van der Waals surface area contributed by atoms with Gasteiger partial charge in [-0.3, -0.25) is 9.88 Å². The number of urea groups is 1. The van der Waals surface area contributed by atoms with Gasteiger partial charge in [0.2, 0.25) is 0 Å². The summed E-state index contributed by atoms with van der Waals surface area (Å²) in [4.78, 5) is 23.9. The van der Waals surface area contributed by atoms with Crippen molar-refractivity contribution in [3.05, 3.63) is 59.9 Å². The fourth-order valence-corrected chi connectivity index (χ4v) is 4.20. The Kier molecular flexibility index (Phi) is 5.39. The Bertz CT molecular complexity index is 779. The second-order valence-corrected chi connectivity index (χ2v) is 7.61. The second-order valence-electron chi connectivity index (χ2n) is 7.61. The lowest BCUT2D eigenvalue weighted by molar-refractivity contribution is 0.130. The summed E-state index contributed by atoms with van der Waals surface area (Å²) in [6, 6.07) is 15.1. The van der Waals surface area contributed by atoms with Crippen LogP contribution in [0.15, 0.2) is 48.7 Å². The number of hydrogen-bond donors (Lipinski definition) is 0. The minimum Gasteiger partial charge on any atom is -0.323 e. The molecule has 0 radical (unpaired) electrons. The maximum Gasteiger partial charge on any atom is 0.324 e. The normalized spacial score (nSPS) is 19.4. The quantitative estimate of drug-likeness (QED) is 0.836. The van der Waals surface area contributed by atoms with Crippen molar-refractivity contribution in [1.29, 1.82) is 0 Å². The number of anilines is 1. The molecular formula is C22H28N4O. The average molecular weight is 364 g/mol. The van der Waals surface area contributed by atoms with Crippen LogP contribution < -0.4 is 4.90 Å². The summed E-state index contributed by atoms with van der Waals surface area (Å²) in [6.45, 7) is 3.44. The number of pyridine rings is 1. The Hall–Kier alpha value is -2.40. The third kappa shape index (κ3) is 3.98. The summed E-state index contributed by atoms with van der Waals surface area (Å²) in [5, 5.41) is 0. The predicted molar refractivity (Wildman–Crippen MR) is 108 cm³/mol. The molecule has 2 amide bonds. The van der Waals surface area contributed by atoms with Gasteiger partial charge in [0.25, 0.3) is 0 Å². The van der Waals surface area contributed by atoms with Gasteiger partial charge in [0, 0.05) is 44.8 Å². The maximum atomic E-state index is 13.1. The summed E-state index contributed by atoms with van der Waals surface area (Å²) in [5.41, 5.74) is 3.40. The van der Waals surface area contributed by atoms with Gasteiger partial charge in [-0.1, -0.05) is 30.3 Å². The number of amides is 2. The maximum absolute atomic E-state index is 13.1. The molecule has 1 aromatic heterocycles. The van der Waals surface area contributed by atoms with Crippen molar-refractivity contribution in [3.63, 3.8) is 0 Å². The van der Waals surface area contributed by atoms with E-state index < -0.39 is 0 Å². The number of piperidine rings is 1. The largest absolute Gasteiger partial charge is 0.324 e. The molecule has 4 rings (SSSR count). The minimum absolute atomic E-state index is 0.142. The number of carbonyl (C=O) groups excluding carboxylic acids is 1. The third-order valence-electron chi connectivity index (χ3n) is 5.85. The molecule has 1 fully saturated rings. The van der Waals surface area contributed by atoms with E-state index in [0.29, 0.717) is 6.04 Å². The summed E-state index contributed by atoms with van der Waals surface area (Å²) >= 11 is 0. The molecule has 3 heterocycles. The topological polar surface area (TPSA) is 39.7 Å². The summed E-state index contributed by atoms with van der Waals surface area (Å²) in [6.07, 6.45) is 5.95. The van der Waals surface area contributed by atoms with Crippen LogP contribution in [0.4, 0.5) is 10.5 Å². The van der Waals surface area contributed by atoms with Crippen LogP contribution in [0.3, 0.4) is 0 Å². The zero-order valence-electron chi connectivity index (χ0n) is 16.1. The number of benzene rings is 1. The van der Waals surface area contributed by atoms with E-state index in [2.05, 4.69) is 47.3 Å². The monoisotopic (exact) mass is 364 g/mol. The first kappa shape index (κ1) is 18.0. The van der Waals surface area contributed by atoms with Crippen molar-refractivity contribution < 1.29 is 4.79 Å². The molecule has 0 unspecified atom stereocenters. The zero-order chi connectivity index (χ0) is 18.6. The predicted octanol–water partition coefficient (Wildman–Crippen LogP) is 3.20. The first-order valence-corrected chi connectivity index (χ1v) is 9.97. The van der Waals surface area contributed by atoms with Crippen LogP contribution in [0.5, 0.6) is 0 Å². The van der Waals surface area contributed by atoms with E-state index in [1.54, 1.807) is 0 Å². The van der Waals surface area contributed by atoms with Gasteiger partial charge in [-0.25, -0.2) is 4.79 Å². The van der Waals surface area contributed by atoms with Crippen molar-refractivity contribution in [2.24, 2.45) is 0 Å². The standard InChI is InChI=1S/C22H28N4O/c1-24(15-11-18-7-3-2-4-8-18)19-9-6-14-25(17-19)22(27)26-16-12-20-21(26)10-5-13-23-20/h2-5,7-8,10,13,19H,6,9,11-12,14-17H2,1H3/t19-/m0/s1. The van der Waals surface area contributed by atoms with Gasteiger partial charge in [0.05, 0.1) is 11.4 Å². The SMILES string of the molecule is CN(CCc1ccccc1)[C@H]1CCCN(C(=O)N2CCc3ncccc32)C1. The molecule has 5 nitrogen and oxygen atoms in total. The molecule has 0 bridgehead atoms. The van der Waals surface area contributed by atoms with E-state index in [9.17, 15) is 4.79 Å². The first-order valence-electron chi connectivity index (χ1n) is 9.97. The molecule has 1 saturated heterocycles.